The third-order valence-electron chi connectivity index (χ3n) is 2.61. The number of carboxylic acid groups (broad SMARTS) is 1. The Labute approximate surface area is 124 Å². The number of pyridine rings is 1. The van der Waals surface area contributed by atoms with E-state index in [0.717, 1.165) is 9.26 Å². The number of nitrogens with two attached hydrogens (primary N) is 1. The van der Waals surface area contributed by atoms with Gasteiger partial charge in [0.25, 0.3) is 0 Å². The van der Waals surface area contributed by atoms with Gasteiger partial charge in [0.15, 0.2) is 0 Å². The maximum absolute atomic E-state index is 11.0. The van der Waals surface area contributed by atoms with Gasteiger partial charge in [0, 0.05) is 9.26 Å². The van der Waals surface area contributed by atoms with Gasteiger partial charge in [-0.15, -0.1) is 0 Å². The summed E-state index contributed by atoms with van der Waals surface area (Å²) in [5, 5.41) is 12.1. The molecule has 2 aromatic rings. The van der Waals surface area contributed by atoms with Gasteiger partial charge in [-0.3, -0.25) is 0 Å². The molecule has 6 heteroatoms. The molecule has 1 heterocycles. The molecule has 4 N–H and O–H groups in total. The quantitative estimate of drug-likeness (QED) is 0.724. The molecule has 5 nitrogen and oxygen atoms in total. The van der Waals surface area contributed by atoms with Gasteiger partial charge in [-0.1, -0.05) is 6.07 Å². The molecule has 0 aliphatic rings. The fourth-order valence-electron chi connectivity index (χ4n) is 1.54. The van der Waals surface area contributed by atoms with Crippen molar-refractivity contribution in [2.45, 2.75) is 6.92 Å². The smallest absolute Gasteiger partial charge is 0.337 e. The summed E-state index contributed by atoms with van der Waals surface area (Å²) in [5.41, 5.74) is 7.78. The molecule has 2 rings (SSSR count). The van der Waals surface area contributed by atoms with Crippen LogP contribution in [0.1, 0.15) is 15.9 Å². The number of nitrogens with one attached hydrogen (secondary N) is 1. The molecule has 0 bridgehead atoms. The first-order chi connectivity index (χ1) is 8.97. The van der Waals surface area contributed by atoms with E-state index in [1.807, 2.05) is 25.1 Å². The summed E-state index contributed by atoms with van der Waals surface area (Å²) in [6.45, 7) is 2.02. The van der Waals surface area contributed by atoms with Crippen LogP contribution in [0.25, 0.3) is 0 Å². The van der Waals surface area contributed by atoms with Crippen molar-refractivity contribution >= 4 is 45.8 Å². The lowest BCUT2D eigenvalue weighted by Gasteiger charge is -2.09. The molecule has 0 unspecified atom stereocenters. The van der Waals surface area contributed by atoms with Crippen molar-refractivity contribution in [1.82, 2.24) is 4.98 Å². The third-order valence-corrected chi connectivity index (χ3v) is 3.77. The van der Waals surface area contributed by atoms with E-state index in [-0.39, 0.29) is 11.3 Å². The molecule has 0 amide bonds. The van der Waals surface area contributed by atoms with Crippen LogP contribution in [0.3, 0.4) is 0 Å². The average Bonchev–Trinajstić information content (AvgIpc) is 2.36. The molecule has 1 aromatic carbocycles. The first kappa shape index (κ1) is 13.6. The van der Waals surface area contributed by atoms with Crippen LogP contribution >= 0.6 is 22.6 Å². The van der Waals surface area contributed by atoms with Crippen molar-refractivity contribution in [1.29, 1.82) is 0 Å². The van der Waals surface area contributed by atoms with Crippen LogP contribution in [-0.2, 0) is 0 Å². The summed E-state index contributed by atoms with van der Waals surface area (Å²) in [6.07, 6.45) is 1.34. The molecule has 98 valence electrons. The van der Waals surface area contributed by atoms with Crippen LogP contribution in [0.4, 0.5) is 17.2 Å². The number of nitrogens with zero attached hydrogens (tertiary/aromatic N) is 1. The van der Waals surface area contributed by atoms with E-state index in [9.17, 15) is 4.79 Å². The van der Waals surface area contributed by atoms with Gasteiger partial charge in [0.05, 0.1) is 17.4 Å². The minimum Gasteiger partial charge on any atom is -0.478 e. The van der Waals surface area contributed by atoms with Gasteiger partial charge in [0.2, 0.25) is 0 Å². The van der Waals surface area contributed by atoms with E-state index < -0.39 is 5.97 Å². The normalized spacial score (nSPS) is 10.2. The van der Waals surface area contributed by atoms with Gasteiger partial charge in [0.1, 0.15) is 5.82 Å². The van der Waals surface area contributed by atoms with E-state index in [1.54, 1.807) is 0 Å². The van der Waals surface area contributed by atoms with Gasteiger partial charge in [-0.25, -0.2) is 9.78 Å². The summed E-state index contributed by atoms with van der Waals surface area (Å²) >= 11 is 2.24. The van der Waals surface area contributed by atoms with Gasteiger partial charge < -0.3 is 16.2 Å². The molecule has 0 aliphatic carbocycles. The molecule has 0 atom stereocenters. The topological polar surface area (TPSA) is 88.2 Å². The Hall–Kier alpha value is -1.83. The second-order valence-corrected chi connectivity index (χ2v) is 5.21. The zero-order valence-electron chi connectivity index (χ0n) is 10.1. The second-order valence-electron chi connectivity index (χ2n) is 4.05. The highest BCUT2D eigenvalue weighted by Crippen LogP contribution is 2.22. The number of benzene rings is 1. The number of aryl methyl sites for hydroxylation is 1. The fraction of sp³-hybridized carbons (Fsp3) is 0.0769. The Kier molecular flexibility index (Phi) is 3.89. The first-order valence-corrected chi connectivity index (χ1v) is 6.57. The Morgan fingerprint density at radius 3 is 2.79 bits per heavy atom. The lowest BCUT2D eigenvalue weighted by molar-refractivity contribution is 0.0698. The summed E-state index contributed by atoms with van der Waals surface area (Å²) in [6, 6.07) is 7.29. The van der Waals surface area contributed by atoms with E-state index in [4.69, 9.17) is 10.8 Å². The first-order valence-electron chi connectivity index (χ1n) is 5.49. The van der Waals surface area contributed by atoms with E-state index in [2.05, 4.69) is 32.9 Å². The van der Waals surface area contributed by atoms with Crippen LogP contribution in [0.15, 0.2) is 30.5 Å². The Bertz CT molecular complexity index is 644. The van der Waals surface area contributed by atoms with Crippen LogP contribution in [0.2, 0.25) is 0 Å². The van der Waals surface area contributed by atoms with E-state index in [0.29, 0.717) is 5.82 Å². The highest BCUT2D eigenvalue weighted by Gasteiger charge is 2.09. The minimum atomic E-state index is -1.07. The molecule has 1 aromatic heterocycles. The SMILES string of the molecule is Cc1ccc(Nc2cc(C(=O)O)c(N)cn2)cc1I. The van der Waals surface area contributed by atoms with Crippen LogP contribution in [0.5, 0.6) is 0 Å². The zero-order chi connectivity index (χ0) is 14.0. The molecule has 19 heavy (non-hydrogen) atoms. The number of rotatable bonds is 3. The number of anilines is 3. The second kappa shape index (κ2) is 5.43. The summed E-state index contributed by atoms with van der Waals surface area (Å²) in [5.74, 6) is -0.618. The highest BCUT2D eigenvalue weighted by atomic mass is 127. The van der Waals surface area contributed by atoms with Crippen LogP contribution < -0.4 is 11.1 Å². The number of hydrogen-bond donors (Lipinski definition) is 3. The van der Waals surface area contributed by atoms with Crippen molar-refractivity contribution < 1.29 is 9.90 Å². The lowest BCUT2D eigenvalue weighted by Crippen LogP contribution is -2.05. The van der Waals surface area contributed by atoms with Gasteiger partial charge >= 0.3 is 5.97 Å². The molecule has 0 fully saturated rings. The monoisotopic (exact) mass is 369 g/mol. The van der Waals surface area contributed by atoms with Gasteiger partial charge in [-0.2, -0.15) is 0 Å². The number of aromatic carboxylic acids is 1. The Morgan fingerprint density at radius 2 is 2.16 bits per heavy atom. The van der Waals surface area contributed by atoms with Crippen molar-refractivity contribution in [3.05, 3.63) is 45.2 Å². The number of carboxylic acids is 1. The van der Waals surface area contributed by atoms with E-state index in [1.165, 1.54) is 17.8 Å². The van der Waals surface area contributed by atoms with Gasteiger partial charge in [-0.05, 0) is 53.3 Å². The zero-order valence-corrected chi connectivity index (χ0v) is 12.3. The maximum atomic E-state index is 11.0. The lowest BCUT2D eigenvalue weighted by atomic mass is 10.2. The molecule has 0 aliphatic heterocycles. The maximum Gasteiger partial charge on any atom is 0.337 e. The summed E-state index contributed by atoms with van der Waals surface area (Å²) < 4.78 is 1.12. The number of aromatic nitrogens is 1. The number of nitrogen functional groups attached to an aromatic ring is 1. The standard InChI is InChI=1S/C13H12IN3O2/c1-7-2-3-8(4-10(7)14)17-12-5-9(13(18)19)11(15)6-16-12/h2-6H,15H2,1H3,(H,16,17)(H,18,19). The predicted molar refractivity (Wildman–Crippen MR) is 82.8 cm³/mol. The van der Waals surface area contributed by atoms with Crippen LogP contribution in [-0.4, -0.2) is 16.1 Å². The third kappa shape index (κ3) is 3.14. The number of carbonyl (C=O) groups is 1. The Balaban J connectivity index is 2.30. The summed E-state index contributed by atoms with van der Waals surface area (Å²) in [4.78, 5) is 15.1. The average molecular weight is 369 g/mol. The number of hydrogen-bond acceptors (Lipinski definition) is 4. The fourth-order valence-corrected chi connectivity index (χ4v) is 2.05. The molecular weight excluding hydrogens is 357 g/mol. The minimum absolute atomic E-state index is 0.0410. The van der Waals surface area contributed by atoms with Crippen molar-refractivity contribution in [3.63, 3.8) is 0 Å². The van der Waals surface area contributed by atoms with Crippen molar-refractivity contribution in [2.24, 2.45) is 0 Å². The van der Waals surface area contributed by atoms with E-state index >= 15 is 0 Å². The molecule has 0 saturated heterocycles. The van der Waals surface area contributed by atoms with Crippen molar-refractivity contribution in [2.75, 3.05) is 11.1 Å². The molecule has 0 radical (unpaired) electrons. The highest BCUT2D eigenvalue weighted by molar-refractivity contribution is 14.1. The molecular formula is C13H12IN3O2. The predicted octanol–water partition coefficient (Wildman–Crippen LogP) is 3.02. The van der Waals surface area contributed by atoms with Crippen LogP contribution in [0, 0.1) is 10.5 Å². The number of halogens is 1. The molecule has 0 saturated carbocycles. The Morgan fingerprint density at radius 1 is 1.42 bits per heavy atom. The van der Waals surface area contributed by atoms with Crippen molar-refractivity contribution in [3.8, 4) is 0 Å². The molecule has 0 spiro atoms. The largest absolute Gasteiger partial charge is 0.478 e. The summed E-state index contributed by atoms with van der Waals surface area (Å²) in [7, 11) is 0.